The van der Waals surface area contributed by atoms with E-state index in [4.69, 9.17) is 4.74 Å². The Morgan fingerprint density at radius 1 is 1.15 bits per heavy atom. The minimum atomic E-state index is -0.965. The molecule has 20 heavy (non-hydrogen) atoms. The number of methoxy groups -OCH3 is 1. The number of fused-ring (bicyclic) bond motifs is 1. The van der Waals surface area contributed by atoms with E-state index in [0.29, 0.717) is 16.7 Å². The first-order valence-electron chi connectivity index (χ1n) is 5.96. The quantitative estimate of drug-likeness (QED) is 0.714. The van der Waals surface area contributed by atoms with Gasteiger partial charge in [0, 0.05) is 12.8 Å². The number of rotatable bonds is 3. The number of carbonyl (C=O) groups is 1. The molecule has 0 aliphatic heterocycles. The largest absolute Gasteiger partial charge is 0.369 e. The first-order chi connectivity index (χ1) is 9.33. The van der Waals surface area contributed by atoms with E-state index < -0.39 is 16.7 Å². The molecular formula is C13H15N3O4. The Morgan fingerprint density at radius 3 is 2.35 bits per heavy atom. The van der Waals surface area contributed by atoms with E-state index in [-0.39, 0.29) is 5.91 Å². The van der Waals surface area contributed by atoms with Crippen LogP contribution >= 0.6 is 0 Å². The van der Waals surface area contributed by atoms with Crippen LogP contribution in [0.1, 0.15) is 13.8 Å². The maximum absolute atomic E-state index is 12.0. The van der Waals surface area contributed by atoms with Crippen molar-refractivity contribution in [1.82, 2.24) is 9.97 Å². The summed E-state index contributed by atoms with van der Waals surface area (Å²) in [6.45, 7) is 3.28. The van der Waals surface area contributed by atoms with E-state index in [1.165, 1.54) is 7.11 Å². The maximum Gasteiger partial charge on any atom is 0.314 e. The van der Waals surface area contributed by atoms with Crippen molar-refractivity contribution in [3.8, 4) is 0 Å². The molecule has 7 nitrogen and oxygen atoms in total. The van der Waals surface area contributed by atoms with Crippen LogP contribution in [0.15, 0.2) is 27.8 Å². The lowest BCUT2D eigenvalue weighted by atomic mass is 10.1. The molecule has 0 unspecified atom stereocenters. The summed E-state index contributed by atoms with van der Waals surface area (Å²) in [7, 11) is 1.45. The highest BCUT2D eigenvalue weighted by Crippen LogP contribution is 2.16. The van der Waals surface area contributed by atoms with Crippen molar-refractivity contribution in [2.45, 2.75) is 19.4 Å². The summed E-state index contributed by atoms with van der Waals surface area (Å²) in [6, 6.07) is 4.79. The number of H-pyrrole nitrogens is 2. The smallest absolute Gasteiger partial charge is 0.314 e. The topological polar surface area (TPSA) is 104 Å². The van der Waals surface area contributed by atoms with Gasteiger partial charge in [0.25, 0.3) is 5.91 Å². The second-order valence-electron chi connectivity index (χ2n) is 4.84. The number of hydrogen-bond donors (Lipinski definition) is 3. The van der Waals surface area contributed by atoms with Crippen molar-refractivity contribution in [3.63, 3.8) is 0 Å². The van der Waals surface area contributed by atoms with Crippen molar-refractivity contribution in [3.05, 3.63) is 38.9 Å². The zero-order valence-electron chi connectivity index (χ0n) is 11.4. The van der Waals surface area contributed by atoms with Crippen LogP contribution < -0.4 is 16.4 Å². The molecule has 0 bridgehead atoms. The van der Waals surface area contributed by atoms with Gasteiger partial charge in [0.2, 0.25) is 0 Å². The third-order valence-corrected chi connectivity index (χ3v) is 3.04. The summed E-state index contributed by atoms with van der Waals surface area (Å²) < 4.78 is 5.08. The molecule has 0 atom stereocenters. The van der Waals surface area contributed by atoms with Crippen LogP contribution in [-0.4, -0.2) is 28.6 Å². The van der Waals surface area contributed by atoms with Gasteiger partial charge in [0.15, 0.2) is 0 Å². The molecule has 7 heteroatoms. The summed E-state index contributed by atoms with van der Waals surface area (Å²) in [6.07, 6.45) is 0. The van der Waals surface area contributed by atoms with Crippen LogP contribution in [0, 0.1) is 0 Å². The fourth-order valence-electron chi connectivity index (χ4n) is 1.57. The maximum atomic E-state index is 12.0. The fraction of sp³-hybridized carbons (Fsp3) is 0.308. The van der Waals surface area contributed by atoms with Gasteiger partial charge in [0.1, 0.15) is 5.60 Å². The molecule has 3 N–H and O–H groups in total. The zero-order valence-corrected chi connectivity index (χ0v) is 11.4. The van der Waals surface area contributed by atoms with Crippen molar-refractivity contribution >= 4 is 22.6 Å². The van der Waals surface area contributed by atoms with E-state index in [1.807, 2.05) is 0 Å². The van der Waals surface area contributed by atoms with Crippen LogP contribution in [-0.2, 0) is 9.53 Å². The van der Waals surface area contributed by atoms with E-state index in [1.54, 1.807) is 32.0 Å². The van der Waals surface area contributed by atoms with E-state index >= 15 is 0 Å². The Labute approximate surface area is 114 Å². The highest BCUT2D eigenvalue weighted by molar-refractivity contribution is 5.97. The number of aromatic amines is 2. The lowest BCUT2D eigenvalue weighted by Crippen LogP contribution is -2.38. The molecule has 106 valence electrons. The molecule has 1 aromatic heterocycles. The van der Waals surface area contributed by atoms with Crippen molar-refractivity contribution in [1.29, 1.82) is 0 Å². The van der Waals surface area contributed by atoms with Crippen molar-refractivity contribution < 1.29 is 9.53 Å². The average molecular weight is 277 g/mol. The van der Waals surface area contributed by atoms with Gasteiger partial charge in [0.05, 0.1) is 11.0 Å². The number of ether oxygens (including phenoxy) is 1. The van der Waals surface area contributed by atoms with Crippen molar-refractivity contribution in [2.24, 2.45) is 0 Å². The number of nitrogens with one attached hydrogen (secondary N) is 3. The molecule has 1 amide bonds. The molecule has 0 radical (unpaired) electrons. The van der Waals surface area contributed by atoms with E-state index in [2.05, 4.69) is 15.3 Å². The summed E-state index contributed by atoms with van der Waals surface area (Å²) >= 11 is 0. The molecule has 0 aliphatic carbocycles. The van der Waals surface area contributed by atoms with Gasteiger partial charge < -0.3 is 20.0 Å². The second-order valence-corrected chi connectivity index (χ2v) is 4.84. The van der Waals surface area contributed by atoms with Gasteiger partial charge in [-0.3, -0.25) is 14.4 Å². The lowest BCUT2D eigenvalue weighted by Gasteiger charge is -2.21. The molecule has 0 spiro atoms. The summed E-state index contributed by atoms with van der Waals surface area (Å²) in [4.78, 5) is 39.3. The van der Waals surface area contributed by atoms with Gasteiger partial charge in [-0.25, -0.2) is 0 Å². The average Bonchev–Trinajstić information content (AvgIpc) is 2.40. The molecule has 1 aromatic carbocycles. The number of carbonyl (C=O) groups excluding carboxylic acids is 1. The fourth-order valence-corrected chi connectivity index (χ4v) is 1.57. The molecule has 1 heterocycles. The first kappa shape index (κ1) is 14.0. The molecule has 0 fully saturated rings. The van der Waals surface area contributed by atoms with Crippen molar-refractivity contribution in [2.75, 3.05) is 12.4 Å². The van der Waals surface area contributed by atoms with E-state index in [0.717, 1.165) is 0 Å². The normalized spacial score (nSPS) is 11.6. The minimum Gasteiger partial charge on any atom is -0.369 e. The molecule has 0 saturated heterocycles. The number of benzene rings is 1. The minimum absolute atomic E-state index is 0.314. The Morgan fingerprint density at radius 2 is 1.75 bits per heavy atom. The molecule has 0 saturated carbocycles. The molecular weight excluding hydrogens is 262 g/mol. The monoisotopic (exact) mass is 277 g/mol. The Bertz CT molecular complexity index is 773. The number of aromatic nitrogens is 2. The van der Waals surface area contributed by atoms with Gasteiger partial charge in [-0.05, 0) is 32.0 Å². The molecule has 2 rings (SSSR count). The third kappa shape index (κ3) is 2.62. The van der Waals surface area contributed by atoms with Gasteiger partial charge >= 0.3 is 11.1 Å². The predicted molar refractivity (Wildman–Crippen MR) is 74.9 cm³/mol. The number of anilines is 1. The highest BCUT2D eigenvalue weighted by Gasteiger charge is 2.26. The Kier molecular flexibility index (Phi) is 3.46. The van der Waals surface area contributed by atoms with Crippen LogP contribution in [0.4, 0.5) is 5.69 Å². The summed E-state index contributed by atoms with van der Waals surface area (Å²) in [5, 5.41) is 2.68. The van der Waals surface area contributed by atoms with E-state index in [9.17, 15) is 14.4 Å². The van der Waals surface area contributed by atoms with Crippen LogP contribution in [0.5, 0.6) is 0 Å². The number of amides is 1. The van der Waals surface area contributed by atoms with Crippen LogP contribution in [0.25, 0.3) is 11.0 Å². The van der Waals surface area contributed by atoms with Crippen LogP contribution in [0.2, 0.25) is 0 Å². The number of hydrogen-bond acceptors (Lipinski definition) is 4. The lowest BCUT2D eigenvalue weighted by molar-refractivity contribution is -0.133. The van der Waals surface area contributed by atoms with Gasteiger partial charge in [-0.15, -0.1) is 0 Å². The van der Waals surface area contributed by atoms with Crippen LogP contribution in [0.3, 0.4) is 0 Å². The SMILES string of the molecule is COC(C)(C)C(=O)Nc1ccc2[nH]c(=O)c(=O)[nH]c2c1. The highest BCUT2D eigenvalue weighted by atomic mass is 16.5. The summed E-state index contributed by atoms with van der Waals surface area (Å²) in [5.74, 6) is -0.314. The second kappa shape index (κ2) is 4.93. The standard InChI is InChI=1S/C13H15N3O4/c1-13(2,20-3)12(19)14-7-4-5-8-9(6-7)16-11(18)10(17)15-8/h4-6H,1-3H3,(H,14,19)(H,15,17)(H,16,18). The summed E-state index contributed by atoms with van der Waals surface area (Å²) in [5.41, 5.74) is -1.00. The Balaban J connectivity index is 2.38. The third-order valence-electron chi connectivity index (χ3n) is 3.04. The van der Waals surface area contributed by atoms with Gasteiger partial charge in [-0.1, -0.05) is 0 Å². The Hall–Kier alpha value is -2.41. The molecule has 0 aliphatic rings. The zero-order chi connectivity index (χ0) is 14.9. The van der Waals surface area contributed by atoms with Gasteiger partial charge in [-0.2, -0.15) is 0 Å². The predicted octanol–water partition coefficient (Wildman–Crippen LogP) is 0.580. The molecule has 2 aromatic rings. The first-order valence-corrected chi connectivity index (χ1v) is 5.96.